The van der Waals surface area contributed by atoms with Crippen LogP contribution in [0.1, 0.15) is 12.0 Å². The van der Waals surface area contributed by atoms with Crippen LogP contribution in [-0.2, 0) is 4.79 Å². The molecular weight excluding hydrogens is 350 g/mol. The molecule has 0 heterocycles. The first kappa shape index (κ1) is 18.0. The van der Waals surface area contributed by atoms with Crippen molar-refractivity contribution in [3.63, 3.8) is 0 Å². The second kappa shape index (κ2) is 9.05. The van der Waals surface area contributed by atoms with Gasteiger partial charge in [0.25, 0.3) is 5.69 Å². The van der Waals surface area contributed by atoms with Gasteiger partial charge in [-0.1, -0.05) is 11.6 Å². The van der Waals surface area contributed by atoms with Crippen molar-refractivity contribution < 1.29 is 9.72 Å². The summed E-state index contributed by atoms with van der Waals surface area (Å²) in [4.78, 5) is 22.8. The van der Waals surface area contributed by atoms with Gasteiger partial charge in [-0.25, -0.2) is 5.43 Å². The van der Waals surface area contributed by atoms with E-state index >= 15 is 0 Å². The largest absolute Gasteiger partial charge is 0.273 e. The summed E-state index contributed by atoms with van der Waals surface area (Å²) in [6, 6.07) is 13.3. The Bertz CT molecular complexity index is 733. The van der Waals surface area contributed by atoms with E-state index in [0.717, 1.165) is 4.90 Å². The van der Waals surface area contributed by atoms with Gasteiger partial charge in [-0.3, -0.25) is 14.9 Å². The number of amides is 1. The SMILES string of the molecule is O=C(CCSc1ccc(Cl)cc1)N/N=C\c1ccc([N+](=O)[O-])cc1. The zero-order valence-electron chi connectivity index (χ0n) is 12.5. The lowest BCUT2D eigenvalue weighted by atomic mass is 10.2. The van der Waals surface area contributed by atoms with Crippen LogP contribution in [0.15, 0.2) is 58.5 Å². The Morgan fingerprint density at radius 3 is 2.50 bits per heavy atom. The third-order valence-corrected chi connectivity index (χ3v) is 4.18. The molecule has 0 aliphatic rings. The Kier molecular flexibility index (Phi) is 6.77. The van der Waals surface area contributed by atoms with Crippen molar-refractivity contribution in [1.82, 2.24) is 5.43 Å². The third-order valence-electron chi connectivity index (χ3n) is 2.92. The zero-order chi connectivity index (χ0) is 17.4. The van der Waals surface area contributed by atoms with E-state index in [1.54, 1.807) is 36.0 Å². The van der Waals surface area contributed by atoms with Gasteiger partial charge in [-0.15, -0.1) is 11.8 Å². The molecule has 2 rings (SSSR count). The molecule has 0 spiro atoms. The number of carbonyl (C=O) groups is 1. The fraction of sp³-hybridized carbons (Fsp3) is 0.125. The second-order valence-corrected chi connectivity index (χ2v) is 6.30. The van der Waals surface area contributed by atoms with E-state index in [1.807, 2.05) is 12.1 Å². The zero-order valence-corrected chi connectivity index (χ0v) is 14.1. The van der Waals surface area contributed by atoms with Gasteiger partial charge in [0, 0.05) is 34.2 Å². The molecule has 0 fully saturated rings. The number of halogens is 1. The van der Waals surface area contributed by atoms with Gasteiger partial charge in [0.15, 0.2) is 0 Å². The highest BCUT2D eigenvalue weighted by Gasteiger charge is 2.03. The Morgan fingerprint density at radius 1 is 1.21 bits per heavy atom. The lowest BCUT2D eigenvalue weighted by Gasteiger charge is -2.01. The minimum Gasteiger partial charge on any atom is -0.273 e. The number of hydrogen-bond acceptors (Lipinski definition) is 5. The number of nitro groups is 1. The van der Waals surface area contributed by atoms with Crippen LogP contribution >= 0.6 is 23.4 Å². The van der Waals surface area contributed by atoms with Crippen molar-refractivity contribution in [1.29, 1.82) is 0 Å². The van der Waals surface area contributed by atoms with Gasteiger partial charge in [0.05, 0.1) is 11.1 Å². The summed E-state index contributed by atoms with van der Waals surface area (Å²) >= 11 is 7.36. The molecule has 0 aliphatic carbocycles. The maximum absolute atomic E-state index is 11.7. The van der Waals surface area contributed by atoms with Crippen LogP contribution in [0, 0.1) is 10.1 Å². The van der Waals surface area contributed by atoms with Crippen molar-refractivity contribution in [2.75, 3.05) is 5.75 Å². The third kappa shape index (κ3) is 6.02. The normalized spacial score (nSPS) is 10.7. The van der Waals surface area contributed by atoms with Crippen LogP contribution in [0.2, 0.25) is 5.02 Å². The van der Waals surface area contributed by atoms with E-state index < -0.39 is 4.92 Å². The van der Waals surface area contributed by atoms with Gasteiger partial charge in [-0.05, 0) is 42.0 Å². The molecule has 6 nitrogen and oxygen atoms in total. The van der Waals surface area contributed by atoms with Crippen molar-refractivity contribution in [3.05, 3.63) is 69.2 Å². The molecular formula is C16H14ClN3O3S. The number of thioether (sulfide) groups is 1. The quantitative estimate of drug-likeness (QED) is 0.350. The van der Waals surface area contributed by atoms with Crippen LogP contribution < -0.4 is 5.43 Å². The Hall–Kier alpha value is -2.38. The van der Waals surface area contributed by atoms with E-state index in [0.29, 0.717) is 22.8 Å². The molecule has 0 saturated carbocycles. The Morgan fingerprint density at radius 2 is 1.88 bits per heavy atom. The molecule has 0 unspecified atom stereocenters. The average Bonchev–Trinajstić information content (AvgIpc) is 2.57. The molecule has 1 amide bonds. The summed E-state index contributed by atoms with van der Waals surface area (Å²) in [5.74, 6) is 0.426. The Balaban J connectivity index is 1.72. The summed E-state index contributed by atoms with van der Waals surface area (Å²) in [6.45, 7) is 0. The second-order valence-electron chi connectivity index (χ2n) is 4.69. The van der Waals surface area contributed by atoms with Crippen molar-refractivity contribution >= 4 is 41.2 Å². The highest BCUT2D eigenvalue weighted by molar-refractivity contribution is 7.99. The van der Waals surface area contributed by atoms with E-state index in [-0.39, 0.29) is 11.6 Å². The highest BCUT2D eigenvalue weighted by atomic mass is 35.5. The smallest absolute Gasteiger partial charge is 0.269 e. The van der Waals surface area contributed by atoms with Crippen molar-refractivity contribution in [2.45, 2.75) is 11.3 Å². The van der Waals surface area contributed by atoms with Crippen molar-refractivity contribution in [3.8, 4) is 0 Å². The van der Waals surface area contributed by atoms with E-state index in [2.05, 4.69) is 10.5 Å². The molecule has 124 valence electrons. The summed E-state index contributed by atoms with van der Waals surface area (Å²) in [7, 11) is 0. The summed E-state index contributed by atoms with van der Waals surface area (Å²) in [5, 5.41) is 15.1. The minimum absolute atomic E-state index is 0.00964. The number of non-ortho nitro benzene ring substituents is 1. The number of rotatable bonds is 7. The van der Waals surface area contributed by atoms with Crippen molar-refractivity contribution in [2.24, 2.45) is 5.10 Å². The van der Waals surface area contributed by atoms with Gasteiger partial charge in [0.2, 0.25) is 5.91 Å². The van der Waals surface area contributed by atoms with E-state index in [1.165, 1.54) is 18.3 Å². The maximum atomic E-state index is 11.7. The monoisotopic (exact) mass is 363 g/mol. The fourth-order valence-electron chi connectivity index (χ4n) is 1.71. The summed E-state index contributed by atoms with van der Waals surface area (Å²) in [5.41, 5.74) is 3.10. The molecule has 2 aromatic rings. The van der Waals surface area contributed by atoms with Gasteiger partial charge in [-0.2, -0.15) is 5.10 Å². The predicted octanol–water partition coefficient (Wildman–Crippen LogP) is 3.88. The maximum Gasteiger partial charge on any atom is 0.269 e. The van der Waals surface area contributed by atoms with Gasteiger partial charge >= 0.3 is 0 Å². The number of nitrogens with zero attached hydrogens (tertiary/aromatic N) is 2. The number of hydrazone groups is 1. The Labute approximate surface area is 148 Å². The first-order valence-electron chi connectivity index (χ1n) is 6.99. The standard InChI is InChI=1S/C16H14ClN3O3S/c17-13-3-7-15(8-4-13)24-10-9-16(21)19-18-11-12-1-5-14(6-2-12)20(22)23/h1-8,11H,9-10H2,(H,19,21)/b18-11-. The van der Waals surface area contributed by atoms with E-state index in [9.17, 15) is 14.9 Å². The molecule has 0 aliphatic heterocycles. The molecule has 0 aromatic heterocycles. The summed E-state index contributed by atoms with van der Waals surface area (Å²) in [6.07, 6.45) is 1.76. The first-order valence-corrected chi connectivity index (χ1v) is 8.35. The number of nitrogens with one attached hydrogen (secondary N) is 1. The first-order chi connectivity index (χ1) is 11.5. The predicted molar refractivity (Wildman–Crippen MR) is 95.6 cm³/mol. The van der Waals surface area contributed by atoms with Crippen LogP contribution in [0.3, 0.4) is 0 Å². The molecule has 0 saturated heterocycles. The molecule has 1 N–H and O–H groups in total. The van der Waals surface area contributed by atoms with Gasteiger partial charge in [0.1, 0.15) is 0 Å². The number of benzene rings is 2. The topological polar surface area (TPSA) is 84.6 Å². The van der Waals surface area contributed by atoms with E-state index in [4.69, 9.17) is 11.6 Å². The molecule has 0 atom stereocenters. The van der Waals surface area contributed by atoms with Crippen LogP contribution in [0.4, 0.5) is 5.69 Å². The number of nitro benzene ring substituents is 1. The molecule has 2 aromatic carbocycles. The van der Waals surface area contributed by atoms with Crippen LogP contribution in [0.25, 0.3) is 0 Å². The number of hydrogen-bond donors (Lipinski definition) is 1. The van der Waals surface area contributed by atoms with Crippen LogP contribution in [0.5, 0.6) is 0 Å². The lowest BCUT2D eigenvalue weighted by Crippen LogP contribution is -2.17. The minimum atomic E-state index is -0.471. The molecule has 0 bridgehead atoms. The lowest BCUT2D eigenvalue weighted by molar-refractivity contribution is -0.384. The average molecular weight is 364 g/mol. The number of carbonyl (C=O) groups excluding carboxylic acids is 1. The molecule has 24 heavy (non-hydrogen) atoms. The highest BCUT2D eigenvalue weighted by Crippen LogP contribution is 2.20. The molecule has 0 radical (unpaired) electrons. The van der Waals surface area contributed by atoms with Crippen LogP contribution in [-0.4, -0.2) is 22.8 Å². The van der Waals surface area contributed by atoms with Gasteiger partial charge < -0.3 is 0 Å². The molecule has 8 heteroatoms. The summed E-state index contributed by atoms with van der Waals surface area (Å²) < 4.78 is 0. The fourth-order valence-corrected chi connectivity index (χ4v) is 2.69.